The summed E-state index contributed by atoms with van der Waals surface area (Å²) in [5, 5.41) is 15.6. The van der Waals surface area contributed by atoms with Gasteiger partial charge in [0.05, 0.1) is 19.8 Å². The SMILES string of the molecule is CCCNc1nc(NCCC(O)COC)nc(OC)n1. The van der Waals surface area contributed by atoms with E-state index in [1.165, 1.54) is 7.11 Å². The molecule has 1 rings (SSSR count). The van der Waals surface area contributed by atoms with Crippen molar-refractivity contribution in [3.05, 3.63) is 0 Å². The van der Waals surface area contributed by atoms with Crippen molar-refractivity contribution in [2.75, 3.05) is 44.5 Å². The molecule has 1 unspecified atom stereocenters. The average molecular weight is 285 g/mol. The molecule has 0 bridgehead atoms. The normalized spacial score (nSPS) is 12.0. The fraction of sp³-hybridized carbons (Fsp3) is 0.750. The van der Waals surface area contributed by atoms with Crippen molar-refractivity contribution >= 4 is 11.9 Å². The molecule has 0 aromatic carbocycles. The van der Waals surface area contributed by atoms with Gasteiger partial charge < -0.3 is 25.2 Å². The Morgan fingerprint density at radius 3 is 2.30 bits per heavy atom. The number of aromatic nitrogens is 3. The first-order valence-corrected chi connectivity index (χ1v) is 6.64. The summed E-state index contributed by atoms with van der Waals surface area (Å²) in [5.41, 5.74) is 0. The Bertz CT molecular complexity index is 391. The zero-order chi connectivity index (χ0) is 14.8. The molecule has 0 radical (unpaired) electrons. The van der Waals surface area contributed by atoms with Gasteiger partial charge in [-0.1, -0.05) is 6.92 Å². The molecule has 1 aromatic heterocycles. The van der Waals surface area contributed by atoms with Gasteiger partial charge in [0.2, 0.25) is 11.9 Å². The van der Waals surface area contributed by atoms with Crippen molar-refractivity contribution in [1.29, 1.82) is 0 Å². The topological polar surface area (TPSA) is 101 Å². The molecule has 1 atom stereocenters. The second-order valence-corrected chi connectivity index (χ2v) is 4.22. The van der Waals surface area contributed by atoms with Crippen LogP contribution in [0.15, 0.2) is 0 Å². The highest BCUT2D eigenvalue weighted by Crippen LogP contribution is 2.10. The Labute approximate surface area is 118 Å². The van der Waals surface area contributed by atoms with Gasteiger partial charge in [-0.3, -0.25) is 0 Å². The molecule has 1 heterocycles. The predicted molar refractivity (Wildman–Crippen MR) is 76.1 cm³/mol. The van der Waals surface area contributed by atoms with Crippen LogP contribution >= 0.6 is 0 Å². The number of rotatable bonds is 10. The number of nitrogens with one attached hydrogen (secondary N) is 2. The molecule has 0 aliphatic heterocycles. The molecule has 8 nitrogen and oxygen atoms in total. The quantitative estimate of drug-likeness (QED) is 0.571. The summed E-state index contributed by atoms with van der Waals surface area (Å²) in [6.07, 6.45) is 1.01. The van der Waals surface area contributed by atoms with E-state index in [0.29, 0.717) is 31.5 Å². The highest BCUT2D eigenvalue weighted by molar-refractivity contribution is 5.35. The van der Waals surface area contributed by atoms with E-state index in [2.05, 4.69) is 32.5 Å². The highest BCUT2D eigenvalue weighted by atomic mass is 16.5. The zero-order valence-electron chi connectivity index (χ0n) is 12.2. The van der Waals surface area contributed by atoms with Crippen LogP contribution < -0.4 is 15.4 Å². The Kier molecular flexibility index (Phi) is 7.59. The Morgan fingerprint density at radius 1 is 1.10 bits per heavy atom. The van der Waals surface area contributed by atoms with E-state index in [9.17, 15) is 5.11 Å². The minimum atomic E-state index is -0.506. The Balaban J connectivity index is 2.54. The van der Waals surface area contributed by atoms with Gasteiger partial charge in [0.15, 0.2) is 0 Å². The van der Waals surface area contributed by atoms with Crippen LogP contribution in [0.5, 0.6) is 6.01 Å². The van der Waals surface area contributed by atoms with E-state index in [0.717, 1.165) is 13.0 Å². The third-order valence-electron chi connectivity index (χ3n) is 2.45. The maximum absolute atomic E-state index is 9.54. The molecule has 8 heteroatoms. The van der Waals surface area contributed by atoms with Gasteiger partial charge in [-0.25, -0.2) is 0 Å². The summed E-state index contributed by atoms with van der Waals surface area (Å²) in [6.45, 7) is 3.68. The number of hydrogen-bond acceptors (Lipinski definition) is 8. The molecule has 0 aliphatic rings. The fourth-order valence-electron chi connectivity index (χ4n) is 1.47. The number of aliphatic hydroxyl groups is 1. The standard InChI is InChI=1S/C12H23N5O3/c1-4-6-13-10-15-11(17-12(16-10)20-3)14-7-5-9(18)8-19-2/h9,18H,4-8H2,1-3H3,(H2,13,14,15,16,17). The molecule has 1 aromatic rings. The van der Waals surface area contributed by atoms with Crippen molar-refractivity contribution < 1.29 is 14.6 Å². The van der Waals surface area contributed by atoms with Crippen molar-refractivity contribution in [2.45, 2.75) is 25.9 Å². The Morgan fingerprint density at radius 2 is 1.75 bits per heavy atom. The van der Waals surface area contributed by atoms with E-state index in [4.69, 9.17) is 9.47 Å². The van der Waals surface area contributed by atoms with Gasteiger partial charge in [0.1, 0.15) is 0 Å². The summed E-state index contributed by atoms with van der Waals surface area (Å²) >= 11 is 0. The third kappa shape index (κ3) is 5.98. The van der Waals surface area contributed by atoms with E-state index in [1.807, 2.05) is 0 Å². The van der Waals surface area contributed by atoms with Crippen LogP contribution in [-0.2, 0) is 4.74 Å². The van der Waals surface area contributed by atoms with Crippen LogP contribution in [0.25, 0.3) is 0 Å². The molecule has 0 aliphatic carbocycles. The van der Waals surface area contributed by atoms with Crippen molar-refractivity contribution in [2.24, 2.45) is 0 Å². The van der Waals surface area contributed by atoms with Crippen molar-refractivity contribution in [1.82, 2.24) is 15.0 Å². The van der Waals surface area contributed by atoms with E-state index < -0.39 is 6.10 Å². The lowest BCUT2D eigenvalue weighted by Gasteiger charge is -2.11. The van der Waals surface area contributed by atoms with Gasteiger partial charge in [0.25, 0.3) is 0 Å². The van der Waals surface area contributed by atoms with Gasteiger partial charge >= 0.3 is 6.01 Å². The summed E-state index contributed by atoms with van der Waals surface area (Å²) in [7, 11) is 3.06. The van der Waals surface area contributed by atoms with Crippen LogP contribution in [0.1, 0.15) is 19.8 Å². The molecular formula is C12H23N5O3. The molecule has 0 fully saturated rings. The Hall–Kier alpha value is -1.67. The van der Waals surface area contributed by atoms with Crippen molar-refractivity contribution in [3.8, 4) is 6.01 Å². The summed E-state index contributed by atoms with van der Waals surface area (Å²) < 4.78 is 9.89. The maximum Gasteiger partial charge on any atom is 0.322 e. The number of nitrogens with zero attached hydrogens (tertiary/aromatic N) is 3. The number of aliphatic hydroxyl groups excluding tert-OH is 1. The molecular weight excluding hydrogens is 262 g/mol. The second-order valence-electron chi connectivity index (χ2n) is 4.22. The van der Waals surface area contributed by atoms with Crippen molar-refractivity contribution in [3.63, 3.8) is 0 Å². The minimum Gasteiger partial charge on any atom is -0.467 e. The molecule has 0 amide bonds. The number of methoxy groups -OCH3 is 2. The minimum absolute atomic E-state index is 0.249. The highest BCUT2D eigenvalue weighted by Gasteiger charge is 2.07. The summed E-state index contributed by atoms with van der Waals surface area (Å²) in [6, 6.07) is 0.249. The monoisotopic (exact) mass is 285 g/mol. The van der Waals surface area contributed by atoms with Gasteiger partial charge in [-0.05, 0) is 12.8 Å². The number of ether oxygens (including phenoxy) is 2. The van der Waals surface area contributed by atoms with Crippen LogP contribution in [0, 0.1) is 0 Å². The first kappa shape index (κ1) is 16.4. The molecule has 114 valence electrons. The van der Waals surface area contributed by atoms with E-state index in [-0.39, 0.29) is 6.01 Å². The lowest BCUT2D eigenvalue weighted by atomic mass is 10.3. The second kappa shape index (κ2) is 9.27. The maximum atomic E-state index is 9.54. The van der Waals surface area contributed by atoms with Crippen LogP contribution in [0.3, 0.4) is 0 Å². The lowest BCUT2D eigenvalue weighted by molar-refractivity contribution is 0.0615. The van der Waals surface area contributed by atoms with Crippen LogP contribution in [0.4, 0.5) is 11.9 Å². The first-order chi connectivity index (χ1) is 9.69. The molecule has 0 spiro atoms. The predicted octanol–water partition coefficient (Wildman–Crippen LogP) is 0.511. The third-order valence-corrected chi connectivity index (χ3v) is 2.45. The number of anilines is 2. The number of hydrogen-bond donors (Lipinski definition) is 3. The van der Waals surface area contributed by atoms with E-state index >= 15 is 0 Å². The van der Waals surface area contributed by atoms with Gasteiger partial charge in [-0.15, -0.1) is 0 Å². The average Bonchev–Trinajstić information content (AvgIpc) is 2.45. The molecule has 3 N–H and O–H groups in total. The lowest BCUT2D eigenvalue weighted by Crippen LogP contribution is -2.19. The van der Waals surface area contributed by atoms with E-state index in [1.54, 1.807) is 7.11 Å². The molecule has 0 saturated heterocycles. The molecule has 0 saturated carbocycles. The summed E-state index contributed by atoms with van der Waals surface area (Å²) in [4.78, 5) is 12.4. The van der Waals surface area contributed by atoms with Gasteiger partial charge in [-0.2, -0.15) is 15.0 Å². The van der Waals surface area contributed by atoms with Gasteiger partial charge in [0, 0.05) is 20.2 Å². The zero-order valence-corrected chi connectivity index (χ0v) is 12.2. The van der Waals surface area contributed by atoms with Crippen LogP contribution in [0.2, 0.25) is 0 Å². The smallest absolute Gasteiger partial charge is 0.322 e. The largest absolute Gasteiger partial charge is 0.467 e. The fourth-order valence-corrected chi connectivity index (χ4v) is 1.47. The molecule has 20 heavy (non-hydrogen) atoms. The first-order valence-electron chi connectivity index (χ1n) is 6.64. The van der Waals surface area contributed by atoms with Crippen LogP contribution in [-0.4, -0.2) is 60.1 Å². The summed E-state index contributed by atoms with van der Waals surface area (Å²) in [5.74, 6) is 0.888.